The summed E-state index contributed by atoms with van der Waals surface area (Å²) in [5, 5.41) is 16.5. The van der Waals surface area contributed by atoms with Gasteiger partial charge in [0.05, 0.1) is 11.8 Å². The zero-order valence-electron chi connectivity index (χ0n) is 21.0. The highest BCUT2D eigenvalue weighted by Gasteiger charge is 2.42. The van der Waals surface area contributed by atoms with Gasteiger partial charge in [0.2, 0.25) is 0 Å². The number of hydrogen-bond acceptors (Lipinski definition) is 6. The van der Waals surface area contributed by atoms with Crippen LogP contribution in [-0.4, -0.2) is 65.9 Å². The number of piperazine rings is 1. The molecule has 2 saturated heterocycles. The Morgan fingerprint density at radius 1 is 0.947 bits per heavy atom. The summed E-state index contributed by atoms with van der Waals surface area (Å²) in [7, 11) is 0. The molecule has 0 unspecified atom stereocenters. The zero-order valence-corrected chi connectivity index (χ0v) is 21.0. The van der Waals surface area contributed by atoms with Gasteiger partial charge in [0, 0.05) is 72.4 Å². The predicted molar refractivity (Wildman–Crippen MR) is 143 cm³/mol. The number of benzene rings is 1. The molecule has 1 aromatic carbocycles. The third-order valence-corrected chi connectivity index (χ3v) is 9.02. The van der Waals surface area contributed by atoms with E-state index < -0.39 is 0 Å². The molecule has 1 aliphatic carbocycles. The molecule has 2 N–H and O–H groups in total. The van der Waals surface area contributed by atoms with Gasteiger partial charge in [-0.25, -0.2) is 13.9 Å². The van der Waals surface area contributed by atoms with Crippen LogP contribution in [0.25, 0.3) is 38.9 Å². The van der Waals surface area contributed by atoms with Gasteiger partial charge < -0.3 is 5.32 Å². The molecule has 3 aliphatic rings. The van der Waals surface area contributed by atoms with Gasteiger partial charge in [-0.2, -0.15) is 10.2 Å². The Kier molecular flexibility index (Phi) is 5.09. The van der Waals surface area contributed by atoms with E-state index in [2.05, 4.69) is 31.5 Å². The number of likely N-dealkylation sites (tertiary alicyclic amines) is 1. The number of fused-ring (bicyclic) bond motifs is 4. The maximum Gasteiger partial charge on any atom is 0.163 e. The van der Waals surface area contributed by atoms with Crippen molar-refractivity contribution < 1.29 is 4.39 Å². The summed E-state index contributed by atoms with van der Waals surface area (Å²) in [6.45, 7) is 2.36. The van der Waals surface area contributed by atoms with Crippen LogP contribution in [0.2, 0.25) is 0 Å². The summed E-state index contributed by atoms with van der Waals surface area (Å²) in [6.07, 6.45) is 13.2. The van der Waals surface area contributed by atoms with Gasteiger partial charge in [-0.1, -0.05) is 6.07 Å². The summed E-state index contributed by atoms with van der Waals surface area (Å²) >= 11 is 0. The minimum Gasteiger partial charge on any atom is -0.311 e. The highest BCUT2D eigenvalue weighted by Crippen LogP contribution is 2.42. The first-order chi connectivity index (χ1) is 18.7. The maximum atomic E-state index is 14.6. The number of aromatic amines is 1. The van der Waals surface area contributed by atoms with E-state index in [9.17, 15) is 4.39 Å². The highest BCUT2D eigenvalue weighted by atomic mass is 19.1. The van der Waals surface area contributed by atoms with E-state index in [0.717, 1.165) is 58.8 Å². The second kappa shape index (κ2) is 8.68. The lowest BCUT2D eigenvalue weighted by molar-refractivity contribution is 0.120. The Morgan fingerprint density at radius 2 is 1.82 bits per heavy atom. The van der Waals surface area contributed by atoms with Gasteiger partial charge >= 0.3 is 0 Å². The average Bonchev–Trinajstić information content (AvgIpc) is 3.77. The van der Waals surface area contributed by atoms with Gasteiger partial charge in [-0.05, 0) is 61.9 Å². The van der Waals surface area contributed by atoms with Crippen molar-refractivity contribution in [2.24, 2.45) is 0 Å². The molecular weight excluding hydrogens is 479 g/mol. The summed E-state index contributed by atoms with van der Waals surface area (Å²) in [5.41, 5.74) is 5.90. The van der Waals surface area contributed by atoms with Crippen LogP contribution in [0.1, 0.15) is 43.7 Å². The van der Waals surface area contributed by atoms with Crippen LogP contribution in [0, 0.1) is 5.82 Å². The molecule has 2 aliphatic heterocycles. The number of halogens is 1. The monoisotopic (exact) mass is 508 g/mol. The Morgan fingerprint density at radius 3 is 2.61 bits per heavy atom. The van der Waals surface area contributed by atoms with E-state index in [1.807, 2.05) is 28.9 Å². The fourth-order valence-electron chi connectivity index (χ4n) is 7.20. The minimum atomic E-state index is -0.324. The van der Waals surface area contributed by atoms with E-state index in [1.165, 1.54) is 37.6 Å². The number of H-pyrrole nitrogens is 1. The van der Waals surface area contributed by atoms with Crippen molar-refractivity contribution in [3.8, 4) is 22.4 Å². The molecule has 4 aromatic heterocycles. The third-order valence-electron chi connectivity index (χ3n) is 9.02. The molecular formula is C29H29FN8. The first kappa shape index (κ1) is 22.3. The molecule has 1 saturated carbocycles. The van der Waals surface area contributed by atoms with Crippen LogP contribution in [0.5, 0.6) is 0 Å². The predicted octanol–water partition coefficient (Wildman–Crippen LogP) is 4.55. The Bertz CT molecular complexity index is 1630. The molecule has 5 aromatic rings. The quantitative estimate of drug-likeness (QED) is 0.371. The molecule has 6 heterocycles. The van der Waals surface area contributed by atoms with Crippen LogP contribution >= 0.6 is 0 Å². The Hall–Kier alpha value is -3.69. The normalized spacial score (nSPS) is 25.6. The molecule has 0 spiro atoms. The maximum absolute atomic E-state index is 14.6. The van der Waals surface area contributed by atoms with Gasteiger partial charge in [-0.3, -0.25) is 15.0 Å². The summed E-state index contributed by atoms with van der Waals surface area (Å²) in [4.78, 5) is 11.8. The van der Waals surface area contributed by atoms with Crippen LogP contribution in [-0.2, 0) is 0 Å². The molecule has 192 valence electrons. The standard InChI is InChI=1S/C29H29FN8/c30-24-6-5-22(23-15-34-35-28(23)24)26-27(18-7-10-31-11-8-18)36-38-25(9-12-32-29(26)38)17-1-3-20(4-2-17)37-16-19-13-21(37)14-33-19/h5-12,15,17,19-21,33H,1-4,13-14,16H2,(H,34,35)/t17-,19-,20-,21-/m0/s1. The Labute approximate surface area is 219 Å². The topological polar surface area (TPSA) is 87.0 Å². The van der Waals surface area contributed by atoms with Crippen LogP contribution in [0.15, 0.2) is 55.1 Å². The van der Waals surface area contributed by atoms with Crippen molar-refractivity contribution in [2.45, 2.75) is 56.1 Å². The average molecular weight is 509 g/mol. The molecule has 38 heavy (non-hydrogen) atoms. The smallest absolute Gasteiger partial charge is 0.163 e. The van der Waals surface area contributed by atoms with Crippen molar-refractivity contribution in [2.75, 3.05) is 13.1 Å². The van der Waals surface area contributed by atoms with Crippen LogP contribution in [0.4, 0.5) is 4.39 Å². The van der Waals surface area contributed by atoms with Crippen molar-refractivity contribution in [3.63, 3.8) is 0 Å². The number of nitrogens with one attached hydrogen (secondary N) is 2. The minimum absolute atomic E-state index is 0.324. The van der Waals surface area contributed by atoms with Gasteiger partial charge in [0.1, 0.15) is 17.0 Å². The fourth-order valence-corrected chi connectivity index (χ4v) is 7.20. The van der Waals surface area contributed by atoms with E-state index in [0.29, 0.717) is 23.5 Å². The highest BCUT2D eigenvalue weighted by molar-refractivity contribution is 6.02. The molecule has 0 amide bonds. The molecule has 9 heteroatoms. The lowest BCUT2D eigenvalue weighted by Gasteiger charge is -2.39. The third kappa shape index (κ3) is 3.41. The van der Waals surface area contributed by atoms with E-state index in [-0.39, 0.29) is 5.82 Å². The van der Waals surface area contributed by atoms with Crippen LogP contribution < -0.4 is 5.32 Å². The molecule has 2 atom stereocenters. The number of rotatable bonds is 4. The second-order valence-electron chi connectivity index (χ2n) is 11.0. The van der Waals surface area contributed by atoms with Crippen molar-refractivity contribution in [1.29, 1.82) is 0 Å². The largest absolute Gasteiger partial charge is 0.311 e. The number of hydrogen-bond donors (Lipinski definition) is 2. The lowest BCUT2D eigenvalue weighted by Crippen LogP contribution is -2.49. The molecule has 8 rings (SSSR count). The summed E-state index contributed by atoms with van der Waals surface area (Å²) in [6, 6.07) is 11.5. The molecule has 8 nitrogen and oxygen atoms in total. The number of pyridine rings is 1. The van der Waals surface area contributed by atoms with E-state index >= 15 is 0 Å². The number of nitrogens with zero attached hydrogens (tertiary/aromatic N) is 6. The number of aromatic nitrogens is 6. The first-order valence-corrected chi connectivity index (χ1v) is 13.6. The fraction of sp³-hybridized carbons (Fsp3) is 0.379. The van der Waals surface area contributed by atoms with E-state index in [4.69, 9.17) is 10.1 Å². The molecule has 0 radical (unpaired) electrons. The SMILES string of the molecule is Fc1ccc(-c2c(-c3ccncc3)nn3c2nccc3[C@H]2CC[C@H](N3C[C@@H]4C[C@H]3CN4)CC2)c2cn[nH]c12. The molecule has 2 bridgehead atoms. The first-order valence-electron chi connectivity index (χ1n) is 13.6. The van der Waals surface area contributed by atoms with Gasteiger partial charge in [0.25, 0.3) is 0 Å². The zero-order chi connectivity index (χ0) is 25.2. The van der Waals surface area contributed by atoms with Crippen molar-refractivity contribution >= 4 is 16.6 Å². The second-order valence-corrected chi connectivity index (χ2v) is 11.0. The van der Waals surface area contributed by atoms with Crippen molar-refractivity contribution in [3.05, 3.63) is 66.6 Å². The van der Waals surface area contributed by atoms with Gasteiger partial charge in [0.15, 0.2) is 5.65 Å². The Balaban J connectivity index is 1.21. The van der Waals surface area contributed by atoms with Gasteiger partial charge in [-0.15, -0.1) is 0 Å². The van der Waals surface area contributed by atoms with Crippen LogP contribution in [0.3, 0.4) is 0 Å². The summed E-state index contributed by atoms with van der Waals surface area (Å²) < 4.78 is 16.6. The van der Waals surface area contributed by atoms with E-state index in [1.54, 1.807) is 18.6 Å². The molecule has 3 fully saturated rings. The lowest BCUT2D eigenvalue weighted by atomic mass is 9.83. The summed E-state index contributed by atoms with van der Waals surface area (Å²) in [5.74, 6) is 0.102. The van der Waals surface area contributed by atoms with Crippen molar-refractivity contribution in [1.82, 2.24) is 40.0 Å².